The van der Waals surface area contributed by atoms with Crippen molar-refractivity contribution in [3.05, 3.63) is 100 Å². The largest absolute Gasteiger partial charge is 0.350 e. The molecule has 1 unspecified atom stereocenters. The molecule has 0 saturated carbocycles. The summed E-state index contributed by atoms with van der Waals surface area (Å²) in [7, 11) is 1.99. The van der Waals surface area contributed by atoms with Crippen LogP contribution in [0.4, 0.5) is 4.39 Å². The topological polar surface area (TPSA) is 50.5 Å². The summed E-state index contributed by atoms with van der Waals surface area (Å²) in [6, 6.07) is 15.5. The van der Waals surface area contributed by atoms with Crippen LogP contribution in [-0.4, -0.2) is 26.2 Å². The highest BCUT2D eigenvalue weighted by atomic mass is 79.9. The molecule has 0 N–H and O–H groups in total. The van der Waals surface area contributed by atoms with Crippen molar-refractivity contribution < 1.29 is 9.18 Å². The molecule has 1 atom stereocenters. The van der Waals surface area contributed by atoms with Crippen LogP contribution in [0, 0.1) is 5.82 Å². The zero-order chi connectivity index (χ0) is 21.5. The highest BCUT2D eigenvalue weighted by molar-refractivity contribution is 9.10. The third-order valence-electron chi connectivity index (χ3n) is 5.55. The van der Waals surface area contributed by atoms with Crippen LogP contribution in [-0.2, 0) is 7.05 Å². The lowest BCUT2D eigenvalue weighted by Crippen LogP contribution is -2.27. The zero-order valence-electron chi connectivity index (χ0n) is 16.7. The Kier molecular flexibility index (Phi) is 4.90. The smallest absolute Gasteiger partial charge is 0.276 e. The van der Waals surface area contributed by atoms with Crippen molar-refractivity contribution in [1.82, 2.24) is 14.6 Å². The first kappa shape index (κ1) is 19.6. The van der Waals surface area contributed by atoms with E-state index in [0.29, 0.717) is 12.0 Å². The number of aryl methyl sites for hydroxylation is 1. The Morgan fingerprint density at radius 1 is 1.16 bits per heavy atom. The van der Waals surface area contributed by atoms with Gasteiger partial charge >= 0.3 is 0 Å². The third-order valence-corrected chi connectivity index (χ3v) is 6.04. The Morgan fingerprint density at radius 3 is 2.71 bits per heavy atom. The Balaban J connectivity index is 1.62. The van der Waals surface area contributed by atoms with Gasteiger partial charge in [0.2, 0.25) is 0 Å². The number of carbonyl (C=O) groups excluding carboxylic acids is 1. The summed E-state index contributed by atoms with van der Waals surface area (Å²) in [6.07, 6.45) is 5.76. The fourth-order valence-electron chi connectivity index (χ4n) is 4.04. The van der Waals surface area contributed by atoms with Crippen molar-refractivity contribution in [3.8, 4) is 0 Å². The molecule has 0 fully saturated rings. The number of carbonyl (C=O) groups is 1. The van der Waals surface area contributed by atoms with E-state index >= 15 is 0 Å². The van der Waals surface area contributed by atoms with E-state index in [-0.39, 0.29) is 17.8 Å². The number of pyridine rings is 1. The predicted octanol–water partition coefficient (Wildman–Crippen LogP) is 5.47. The number of benzene rings is 2. The van der Waals surface area contributed by atoms with Gasteiger partial charge in [0.15, 0.2) is 0 Å². The number of halogens is 2. The van der Waals surface area contributed by atoms with Crippen molar-refractivity contribution in [1.29, 1.82) is 0 Å². The van der Waals surface area contributed by atoms with Crippen molar-refractivity contribution >= 4 is 38.5 Å². The molecule has 2 aromatic carbocycles. The maximum absolute atomic E-state index is 13.4. The first-order chi connectivity index (χ1) is 15.0. The number of fused-ring (bicyclic) bond motifs is 1. The average Bonchev–Trinajstić information content (AvgIpc) is 3.36. The van der Waals surface area contributed by atoms with Gasteiger partial charge in [-0.1, -0.05) is 28.1 Å². The molecule has 0 aliphatic carbocycles. The van der Waals surface area contributed by atoms with Gasteiger partial charge in [-0.15, -0.1) is 0 Å². The number of amides is 1. The van der Waals surface area contributed by atoms with E-state index in [1.54, 1.807) is 36.7 Å². The van der Waals surface area contributed by atoms with Crippen molar-refractivity contribution in [2.75, 3.05) is 0 Å². The fourth-order valence-corrected chi connectivity index (χ4v) is 4.40. The number of hydrogen-bond acceptors (Lipinski definition) is 3. The van der Waals surface area contributed by atoms with Gasteiger partial charge in [0.05, 0.1) is 17.3 Å². The van der Waals surface area contributed by atoms with Crippen LogP contribution in [0.25, 0.3) is 10.9 Å². The predicted molar refractivity (Wildman–Crippen MR) is 121 cm³/mol. The first-order valence-corrected chi connectivity index (χ1v) is 10.6. The second-order valence-corrected chi connectivity index (χ2v) is 8.44. The molecule has 4 aromatic rings. The van der Waals surface area contributed by atoms with Gasteiger partial charge in [-0.25, -0.2) is 9.40 Å². The number of hydrazone groups is 1. The molecule has 7 heteroatoms. The maximum atomic E-state index is 13.4. The average molecular weight is 477 g/mol. The molecule has 1 aliphatic rings. The zero-order valence-corrected chi connectivity index (χ0v) is 18.3. The molecule has 5 nitrogen and oxygen atoms in total. The summed E-state index contributed by atoms with van der Waals surface area (Å²) in [4.78, 5) is 17.5. The van der Waals surface area contributed by atoms with Crippen molar-refractivity contribution in [3.63, 3.8) is 0 Å². The molecule has 31 heavy (non-hydrogen) atoms. The number of rotatable bonds is 3. The summed E-state index contributed by atoms with van der Waals surface area (Å²) >= 11 is 3.56. The molecule has 3 heterocycles. The quantitative estimate of drug-likeness (QED) is 0.393. The van der Waals surface area contributed by atoms with Crippen LogP contribution in [0.2, 0.25) is 0 Å². The fraction of sp³-hybridized carbons (Fsp3) is 0.125. The van der Waals surface area contributed by atoms with Crippen LogP contribution in [0.15, 0.2) is 82.8 Å². The van der Waals surface area contributed by atoms with Gasteiger partial charge in [-0.05, 0) is 48.0 Å². The van der Waals surface area contributed by atoms with E-state index in [9.17, 15) is 9.18 Å². The highest BCUT2D eigenvalue weighted by Gasteiger charge is 2.35. The molecule has 0 saturated heterocycles. The Hall–Kier alpha value is -3.32. The summed E-state index contributed by atoms with van der Waals surface area (Å²) in [5, 5.41) is 7.28. The second kappa shape index (κ2) is 7.74. The van der Waals surface area contributed by atoms with E-state index in [1.807, 2.05) is 19.2 Å². The summed E-state index contributed by atoms with van der Waals surface area (Å²) in [5.41, 5.74) is 4.10. The van der Waals surface area contributed by atoms with Crippen molar-refractivity contribution in [2.24, 2.45) is 12.1 Å². The second-order valence-electron chi connectivity index (χ2n) is 7.52. The molecule has 0 radical (unpaired) electrons. The minimum Gasteiger partial charge on any atom is -0.350 e. The lowest BCUT2D eigenvalue weighted by atomic mass is 9.97. The summed E-state index contributed by atoms with van der Waals surface area (Å²) in [6.45, 7) is 0. The van der Waals surface area contributed by atoms with Crippen LogP contribution >= 0.6 is 15.9 Å². The van der Waals surface area contributed by atoms with E-state index in [2.05, 4.69) is 42.8 Å². The standard InChI is InChI=1S/C24H18BrFN4O/c1-29-14-20(19-11-17(25)6-9-22(19)29)23-12-21(15-4-7-18(26)8-5-15)28-30(23)24(31)16-3-2-10-27-13-16/h2-11,13-14,23H,12H2,1H3. The molecule has 2 aromatic heterocycles. The summed E-state index contributed by atoms with van der Waals surface area (Å²) in [5.74, 6) is -0.525. The van der Waals surface area contributed by atoms with Gasteiger partial charge in [0.1, 0.15) is 5.82 Å². The Morgan fingerprint density at radius 2 is 1.97 bits per heavy atom. The molecule has 5 rings (SSSR count). The first-order valence-electron chi connectivity index (χ1n) is 9.83. The monoisotopic (exact) mass is 476 g/mol. The number of nitrogens with zero attached hydrogens (tertiary/aromatic N) is 4. The van der Waals surface area contributed by atoms with Crippen LogP contribution in [0.3, 0.4) is 0 Å². The maximum Gasteiger partial charge on any atom is 0.276 e. The van der Waals surface area contributed by atoms with E-state index < -0.39 is 0 Å². The van der Waals surface area contributed by atoms with E-state index in [0.717, 1.165) is 32.2 Å². The molecular formula is C24H18BrFN4O. The minimum absolute atomic E-state index is 0.220. The van der Waals surface area contributed by atoms with Gasteiger partial charge < -0.3 is 4.57 Å². The van der Waals surface area contributed by atoms with Crippen LogP contribution in [0.5, 0.6) is 0 Å². The normalized spacial score (nSPS) is 16.0. The summed E-state index contributed by atoms with van der Waals surface area (Å²) < 4.78 is 16.5. The van der Waals surface area contributed by atoms with Crippen molar-refractivity contribution in [2.45, 2.75) is 12.5 Å². The van der Waals surface area contributed by atoms with Crippen LogP contribution in [0.1, 0.15) is 33.9 Å². The third kappa shape index (κ3) is 3.55. The SMILES string of the molecule is Cn1cc(C2CC(c3ccc(F)cc3)=NN2C(=O)c2cccnc2)c2cc(Br)ccc21. The van der Waals surface area contributed by atoms with Crippen LogP contribution < -0.4 is 0 Å². The van der Waals surface area contributed by atoms with Gasteiger partial charge in [-0.2, -0.15) is 5.10 Å². The molecule has 1 amide bonds. The Labute approximate surface area is 187 Å². The highest BCUT2D eigenvalue weighted by Crippen LogP contribution is 2.38. The Bertz CT molecular complexity index is 1310. The van der Waals surface area contributed by atoms with Gasteiger partial charge in [0.25, 0.3) is 5.91 Å². The molecule has 0 bridgehead atoms. The molecule has 0 spiro atoms. The number of hydrogen-bond donors (Lipinski definition) is 0. The van der Waals surface area contributed by atoms with Gasteiger partial charge in [-0.3, -0.25) is 9.78 Å². The number of aromatic nitrogens is 2. The van der Waals surface area contributed by atoms with E-state index in [4.69, 9.17) is 0 Å². The van der Waals surface area contributed by atoms with Gasteiger partial charge in [0, 0.05) is 53.0 Å². The minimum atomic E-state index is -0.305. The molecule has 1 aliphatic heterocycles. The lowest BCUT2D eigenvalue weighted by Gasteiger charge is -2.21. The lowest BCUT2D eigenvalue weighted by molar-refractivity contribution is 0.0711. The van der Waals surface area contributed by atoms with E-state index in [1.165, 1.54) is 17.1 Å². The molecule has 154 valence electrons. The molecular weight excluding hydrogens is 459 g/mol.